The maximum absolute atomic E-state index is 10.4. The molecule has 0 atom stereocenters. The van der Waals surface area contributed by atoms with Crippen LogP contribution in [0.2, 0.25) is 0 Å². The van der Waals surface area contributed by atoms with E-state index in [0.29, 0.717) is 6.42 Å². The Hall–Kier alpha value is -1.71. The molecule has 0 N–H and O–H groups in total. The van der Waals surface area contributed by atoms with Crippen LogP contribution in [-0.2, 0) is 18.3 Å². The summed E-state index contributed by atoms with van der Waals surface area (Å²) in [4.78, 5) is 12.0. The van der Waals surface area contributed by atoms with Crippen LogP contribution >= 0.6 is 0 Å². The van der Waals surface area contributed by atoms with Crippen LogP contribution in [0, 0.1) is 13.8 Å². The molecule has 90 valence electrons. The van der Waals surface area contributed by atoms with Crippen molar-refractivity contribution in [1.82, 2.24) is 15.0 Å². The molecule has 4 heteroatoms. The highest BCUT2D eigenvalue weighted by Gasteiger charge is 2.11. The number of carbonyl (C=O) groups is 1. The normalized spacial score (nSPS) is 11.0. The van der Waals surface area contributed by atoms with Crippen LogP contribution < -0.4 is 0 Å². The first-order chi connectivity index (χ1) is 8.13. The first-order valence-electron chi connectivity index (χ1n) is 5.87. The van der Waals surface area contributed by atoms with Crippen LogP contribution in [-0.4, -0.2) is 21.3 Å². The predicted octanol–water partition coefficient (Wildman–Crippen LogP) is 2.11. The maximum Gasteiger partial charge on any atom is 0.120 e. The standard InChI is InChI=1S/C13H17N3O/c1-9-8-12-13(15-16(3)14-12)10(2)11(9)6-4-5-7-17/h7-8H,4-6H2,1-3H3. The molecule has 1 aromatic carbocycles. The summed E-state index contributed by atoms with van der Waals surface area (Å²) < 4.78 is 0. The van der Waals surface area contributed by atoms with Gasteiger partial charge in [-0.15, -0.1) is 0 Å². The molecule has 4 nitrogen and oxygen atoms in total. The third-order valence-corrected chi connectivity index (χ3v) is 3.13. The Kier molecular flexibility index (Phi) is 3.22. The molecule has 0 unspecified atom stereocenters. The van der Waals surface area contributed by atoms with Gasteiger partial charge in [0.15, 0.2) is 0 Å². The highest BCUT2D eigenvalue weighted by Crippen LogP contribution is 2.23. The lowest BCUT2D eigenvalue weighted by atomic mass is 9.96. The Balaban J connectivity index is 2.43. The van der Waals surface area contributed by atoms with Crippen LogP contribution in [0.15, 0.2) is 6.07 Å². The number of hydrogen-bond acceptors (Lipinski definition) is 3. The fourth-order valence-electron chi connectivity index (χ4n) is 2.26. The Bertz CT molecular complexity index is 557. The van der Waals surface area contributed by atoms with Gasteiger partial charge < -0.3 is 4.79 Å². The molecule has 0 fully saturated rings. The predicted molar refractivity (Wildman–Crippen MR) is 67.0 cm³/mol. The Morgan fingerprint density at radius 2 is 2.12 bits per heavy atom. The van der Waals surface area contributed by atoms with E-state index in [0.717, 1.165) is 30.2 Å². The molecule has 1 aromatic heterocycles. The molecule has 0 saturated heterocycles. The van der Waals surface area contributed by atoms with Gasteiger partial charge in [0.1, 0.15) is 17.3 Å². The molecule has 0 aliphatic heterocycles. The zero-order valence-electron chi connectivity index (χ0n) is 10.5. The van der Waals surface area contributed by atoms with E-state index >= 15 is 0 Å². The molecule has 0 amide bonds. The summed E-state index contributed by atoms with van der Waals surface area (Å²) in [6.45, 7) is 4.18. The van der Waals surface area contributed by atoms with Gasteiger partial charge in [0, 0.05) is 13.5 Å². The van der Waals surface area contributed by atoms with Gasteiger partial charge in [0.25, 0.3) is 0 Å². The number of aromatic nitrogens is 3. The molecule has 2 aromatic rings. The van der Waals surface area contributed by atoms with E-state index < -0.39 is 0 Å². The average molecular weight is 231 g/mol. The van der Waals surface area contributed by atoms with E-state index in [-0.39, 0.29) is 0 Å². The Morgan fingerprint density at radius 3 is 2.82 bits per heavy atom. The lowest BCUT2D eigenvalue weighted by Gasteiger charge is -2.08. The summed E-state index contributed by atoms with van der Waals surface area (Å²) in [6.07, 6.45) is 3.43. The molecule has 17 heavy (non-hydrogen) atoms. The van der Waals surface area contributed by atoms with Gasteiger partial charge in [-0.1, -0.05) is 0 Å². The second-order valence-corrected chi connectivity index (χ2v) is 4.41. The molecule has 0 radical (unpaired) electrons. The molecule has 1 heterocycles. The van der Waals surface area contributed by atoms with Gasteiger partial charge in [-0.25, -0.2) is 0 Å². The number of fused-ring (bicyclic) bond motifs is 1. The summed E-state index contributed by atoms with van der Waals surface area (Å²) in [7, 11) is 1.83. The fourth-order valence-corrected chi connectivity index (χ4v) is 2.26. The molecule has 0 spiro atoms. The molecule has 0 bridgehead atoms. The molecular weight excluding hydrogens is 214 g/mol. The lowest BCUT2D eigenvalue weighted by molar-refractivity contribution is -0.107. The Labute approximate surface area is 101 Å². The quantitative estimate of drug-likeness (QED) is 0.598. The first-order valence-corrected chi connectivity index (χ1v) is 5.87. The van der Waals surface area contributed by atoms with Crippen LogP contribution in [0.5, 0.6) is 0 Å². The minimum absolute atomic E-state index is 0.622. The number of benzene rings is 1. The summed E-state index contributed by atoms with van der Waals surface area (Å²) in [5.41, 5.74) is 5.65. The number of nitrogens with zero attached hydrogens (tertiary/aromatic N) is 3. The number of aldehydes is 1. The van der Waals surface area contributed by atoms with E-state index in [4.69, 9.17) is 0 Å². The number of hydrogen-bond donors (Lipinski definition) is 0. The minimum Gasteiger partial charge on any atom is -0.303 e. The SMILES string of the molecule is Cc1cc2nn(C)nc2c(C)c1CCCC=O. The fraction of sp³-hybridized carbons (Fsp3) is 0.462. The monoisotopic (exact) mass is 231 g/mol. The third-order valence-electron chi connectivity index (χ3n) is 3.13. The zero-order chi connectivity index (χ0) is 12.4. The van der Waals surface area contributed by atoms with Gasteiger partial charge >= 0.3 is 0 Å². The van der Waals surface area contributed by atoms with Crippen molar-refractivity contribution < 1.29 is 4.79 Å². The minimum atomic E-state index is 0.622. The van der Waals surface area contributed by atoms with Gasteiger partial charge in [-0.05, 0) is 49.4 Å². The second-order valence-electron chi connectivity index (χ2n) is 4.41. The van der Waals surface area contributed by atoms with Crippen molar-refractivity contribution in [2.24, 2.45) is 7.05 Å². The van der Waals surface area contributed by atoms with E-state index in [1.807, 2.05) is 7.05 Å². The van der Waals surface area contributed by atoms with Crippen molar-refractivity contribution in [2.75, 3.05) is 0 Å². The summed E-state index contributed by atoms with van der Waals surface area (Å²) in [5, 5.41) is 8.70. The number of aryl methyl sites for hydroxylation is 3. The van der Waals surface area contributed by atoms with Crippen molar-refractivity contribution in [3.05, 3.63) is 22.8 Å². The highest BCUT2D eigenvalue weighted by molar-refractivity contribution is 5.80. The summed E-state index contributed by atoms with van der Waals surface area (Å²) in [5.74, 6) is 0. The zero-order valence-corrected chi connectivity index (χ0v) is 10.5. The van der Waals surface area contributed by atoms with Gasteiger partial charge in [0.05, 0.1) is 0 Å². The largest absolute Gasteiger partial charge is 0.303 e. The second kappa shape index (κ2) is 4.65. The van der Waals surface area contributed by atoms with Crippen LogP contribution in [0.4, 0.5) is 0 Å². The molecule has 0 aliphatic rings. The Morgan fingerprint density at radius 1 is 1.35 bits per heavy atom. The van der Waals surface area contributed by atoms with Gasteiger partial charge in [-0.3, -0.25) is 0 Å². The third kappa shape index (κ3) is 2.20. The van der Waals surface area contributed by atoms with E-state index in [9.17, 15) is 4.79 Å². The van der Waals surface area contributed by atoms with Crippen molar-refractivity contribution in [3.63, 3.8) is 0 Å². The molecule has 2 rings (SSSR count). The lowest BCUT2D eigenvalue weighted by Crippen LogP contribution is -1.96. The molecule has 0 saturated carbocycles. The van der Waals surface area contributed by atoms with E-state index in [2.05, 4.69) is 30.1 Å². The van der Waals surface area contributed by atoms with Crippen molar-refractivity contribution in [3.8, 4) is 0 Å². The van der Waals surface area contributed by atoms with Crippen LogP contribution in [0.1, 0.15) is 29.5 Å². The number of rotatable bonds is 4. The van der Waals surface area contributed by atoms with E-state index in [1.165, 1.54) is 16.7 Å². The average Bonchev–Trinajstić information content (AvgIpc) is 2.64. The highest BCUT2D eigenvalue weighted by atomic mass is 16.1. The van der Waals surface area contributed by atoms with E-state index in [1.54, 1.807) is 4.80 Å². The van der Waals surface area contributed by atoms with Gasteiger partial charge in [-0.2, -0.15) is 15.0 Å². The van der Waals surface area contributed by atoms with Crippen LogP contribution in [0.3, 0.4) is 0 Å². The first kappa shape index (κ1) is 11.8. The summed E-state index contributed by atoms with van der Waals surface area (Å²) >= 11 is 0. The van der Waals surface area contributed by atoms with Crippen molar-refractivity contribution in [1.29, 1.82) is 0 Å². The number of carbonyl (C=O) groups excluding carboxylic acids is 1. The maximum atomic E-state index is 10.4. The van der Waals surface area contributed by atoms with Gasteiger partial charge in [0.2, 0.25) is 0 Å². The smallest absolute Gasteiger partial charge is 0.120 e. The number of unbranched alkanes of at least 4 members (excludes halogenated alkanes) is 1. The van der Waals surface area contributed by atoms with Crippen LogP contribution in [0.25, 0.3) is 11.0 Å². The molecular formula is C13H17N3O. The topological polar surface area (TPSA) is 47.8 Å². The summed E-state index contributed by atoms with van der Waals surface area (Å²) in [6, 6.07) is 2.07. The van der Waals surface area contributed by atoms with Crippen molar-refractivity contribution >= 4 is 17.3 Å². The van der Waals surface area contributed by atoms with Crippen molar-refractivity contribution in [2.45, 2.75) is 33.1 Å². The molecule has 0 aliphatic carbocycles.